The highest BCUT2D eigenvalue weighted by Crippen LogP contribution is 2.27. The van der Waals surface area contributed by atoms with Gasteiger partial charge in [0.2, 0.25) is 11.8 Å². The lowest BCUT2D eigenvalue weighted by molar-refractivity contribution is -0.115. The molecule has 2 amide bonds. The van der Waals surface area contributed by atoms with Crippen LogP contribution in [0.1, 0.15) is 23.2 Å². The molecule has 0 atom stereocenters. The molecule has 0 heterocycles. The average molecular weight is 339 g/mol. The summed E-state index contributed by atoms with van der Waals surface area (Å²) >= 11 is 0. The van der Waals surface area contributed by atoms with Crippen LogP contribution in [0.2, 0.25) is 0 Å². The van der Waals surface area contributed by atoms with Gasteiger partial charge >= 0.3 is 0 Å². The second-order valence-electron chi connectivity index (χ2n) is 6.14. The summed E-state index contributed by atoms with van der Waals surface area (Å²) in [5, 5.41) is 5.98. The first-order chi connectivity index (χ1) is 12.1. The number of anilines is 1. The summed E-state index contributed by atoms with van der Waals surface area (Å²) < 4.78 is 5.69. The zero-order valence-electron chi connectivity index (χ0n) is 13.8. The van der Waals surface area contributed by atoms with Gasteiger partial charge < -0.3 is 21.1 Å². The Kier molecular flexibility index (Phi) is 5.30. The van der Waals surface area contributed by atoms with E-state index in [2.05, 4.69) is 10.6 Å². The van der Waals surface area contributed by atoms with Gasteiger partial charge in [-0.1, -0.05) is 6.07 Å². The lowest BCUT2D eigenvalue weighted by atomic mass is 10.2. The third-order valence-electron chi connectivity index (χ3n) is 3.91. The summed E-state index contributed by atoms with van der Waals surface area (Å²) in [6.45, 7) is 1.22. The number of benzene rings is 2. The molecule has 3 rings (SSSR count). The summed E-state index contributed by atoms with van der Waals surface area (Å²) in [5.74, 6) is 1.31. The predicted molar refractivity (Wildman–Crippen MR) is 95.7 cm³/mol. The van der Waals surface area contributed by atoms with Crippen LogP contribution in [0, 0.1) is 5.92 Å². The van der Waals surface area contributed by atoms with Crippen LogP contribution in [0.5, 0.6) is 11.5 Å². The molecule has 2 aromatic carbocycles. The monoisotopic (exact) mass is 339 g/mol. The molecule has 0 radical (unpaired) electrons. The smallest absolute Gasteiger partial charge is 0.248 e. The van der Waals surface area contributed by atoms with Crippen LogP contribution in [0.25, 0.3) is 0 Å². The molecule has 4 N–H and O–H groups in total. The van der Waals surface area contributed by atoms with E-state index in [1.54, 1.807) is 48.5 Å². The number of nitrogens with one attached hydrogen (secondary N) is 2. The Morgan fingerprint density at radius 1 is 1.08 bits per heavy atom. The van der Waals surface area contributed by atoms with Crippen molar-refractivity contribution in [3.8, 4) is 11.5 Å². The average Bonchev–Trinajstić information content (AvgIpc) is 3.41. The molecule has 1 aliphatic rings. The van der Waals surface area contributed by atoms with Gasteiger partial charge in [0.05, 0.1) is 6.54 Å². The highest BCUT2D eigenvalue weighted by molar-refractivity contribution is 5.93. The lowest BCUT2D eigenvalue weighted by Gasteiger charge is -2.09. The van der Waals surface area contributed by atoms with Gasteiger partial charge in [-0.15, -0.1) is 0 Å². The number of rotatable bonds is 8. The van der Waals surface area contributed by atoms with Crippen LogP contribution >= 0.6 is 0 Å². The van der Waals surface area contributed by atoms with Gasteiger partial charge in [-0.2, -0.15) is 0 Å². The van der Waals surface area contributed by atoms with Crippen molar-refractivity contribution in [3.63, 3.8) is 0 Å². The molecule has 6 nitrogen and oxygen atoms in total. The Hall–Kier alpha value is -2.86. The van der Waals surface area contributed by atoms with E-state index >= 15 is 0 Å². The topological polar surface area (TPSA) is 93.5 Å². The zero-order chi connectivity index (χ0) is 17.6. The number of primary amides is 1. The Balaban J connectivity index is 1.51. The molecule has 1 saturated carbocycles. The van der Waals surface area contributed by atoms with Crippen molar-refractivity contribution < 1.29 is 14.3 Å². The maximum Gasteiger partial charge on any atom is 0.248 e. The summed E-state index contributed by atoms with van der Waals surface area (Å²) in [6, 6.07) is 13.7. The first-order valence-electron chi connectivity index (χ1n) is 8.28. The first kappa shape index (κ1) is 17.0. The number of amides is 2. The molecule has 0 spiro atoms. The summed E-state index contributed by atoms with van der Waals surface area (Å²) in [4.78, 5) is 23.0. The highest BCUT2D eigenvalue weighted by Gasteiger charge is 2.20. The van der Waals surface area contributed by atoms with Gasteiger partial charge in [0.25, 0.3) is 0 Å². The second kappa shape index (κ2) is 7.81. The van der Waals surface area contributed by atoms with Crippen molar-refractivity contribution >= 4 is 17.5 Å². The van der Waals surface area contributed by atoms with Crippen LogP contribution in [0.3, 0.4) is 0 Å². The Morgan fingerprint density at radius 3 is 2.52 bits per heavy atom. The zero-order valence-corrected chi connectivity index (χ0v) is 13.8. The Morgan fingerprint density at radius 2 is 1.84 bits per heavy atom. The van der Waals surface area contributed by atoms with Crippen LogP contribution in [-0.2, 0) is 4.79 Å². The van der Waals surface area contributed by atoms with Gasteiger partial charge in [0, 0.05) is 11.3 Å². The fourth-order valence-corrected chi connectivity index (χ4v) is 2.37. The maximum atomic E-state index is 11.8. The molecule has 0 unspecified atom stereocenters. The van der Waals surface area contributed by atoms with E-state index in [1.165, 1.54) is 12.8 Å². The third-order valence-corrected chi connectivity index (χ3v) is 3.91. The summed E-state index contributed by atoms with van der Waals surface area (Å²) in [6.07, 6.45) is 2.52. The van der Waals surface area contributed by atoms with Crippen LogP contribution < -0.4 is 21.1 Å². The van der Waals surface area contributed by atoms with Crippen LogP contribution in [0.15, 0.2) is 48.5 Å². The van der Waals surface area contributed by atoms with Gasteiger partial charge in [0.1, 0.15) is 11.5 Å². The molecule has 25 heavy (non-hydrogen) atoms. The van der Waals surface area contributed by atoms with Crippen molar-refractivity contribution in [3.05, 3.63) is 54.1 Å². The van der Waals surface area contributed by atoms with Crippen LogP contribution in [0.4, 0.5) is 5.69 Å². The Bertz CT molecular complexity index is 755. The van der Waals surface area contributed by atoms with Crippen molar-refractivity contribution in [2.24, 2.45) is 11.7 Å². The van der Waals surface area contributed by atoms with Gasteiger partial charge in [0.15, 0.2) is 0 Å². The number of carbonyl (C=O) groups excluding carboxylic acids is 2. The molecule has 1 aliphatic carbocycles. The van der Waals surface area contributed by atoms with E-state index in [4.69, 9.17) is 10.5 Å². The first-order valence-corrected chi connectivity index (χ1v) is 8.28. The molecule has 1 fully saturated rings. The highest BCUT2D eigenvalue weighted by atomic mass is 16.5. The minimum absolute atomic E-state index is 0.0662. The predicted octanol–water partition coefficient (Wildman–Crippen LogP) is 2.52. The largest absolute Gasteiger partial charge is 0.457 e. The quantitative estimate of drug-likeness (QED) is 0.689. The molecule has 2 aromatic rings. The number of hydrogen-bond donors (Lipinski definition) is 3. The Labute approximate surface area is 146 Å². The molecule has 0 bridgehead atoms. The van der Waals surface area contributed by atoms with Gasteiger partial charge in [-0.3, -0.25) is 9.59 Å². The number of nitrogens with two attached hydrogens (primary N) is 1. The van der Waals surface area contributed by atoms with Crippen molar-refractivity contribution in [2.75, 3.05) is 18.4 Å². The van der Waals surface area contributed by atoms with Crippen LogP contribution in [-0.4, -0.2) is 24.9 Å². The van der Waals surface area contributed by atoms with E-state index in [9.17, 15) is 9.59 Å². The fraction of sp³-hybridized carbons (Fsp3) is 0.263. The van der Waals surface area contributed by atoms with Gasteiger partial charge in [-0.25, -0.2) is 0 Å². The molecule has 0 aromatic heterocycles. The van der Waals surface area contributed by atoms with Crippen molar-refractivity contribution in [1.82, 2.24) is 5.32 Å². The van der Waals surface area contributed by atoms with E-state index < -0.39 is 5.91 Å². The summed E-state index contributed by atoms with van der Waals surface area (Å²) in [5.41, 5.74) is 6.35. The van der Waals surface area contributed by atoms with E-state index in [1.807, 2.05) is 0 Å². The van der Waals surface area contributed by atoms with E-state index in [-0.39, 0.29) is 5.91 Å². The second-order valence-corrected chi connectivity index (χ2v) is 6.14. The van der Waals surface area contributed by atoms with Crippen molar-refractivity contribution in [1.29, 1.82) is 0 Å². The molecule has 130 valence electrons. The minimum atomic E-state index is -0.501. The number of carbonyl (C=O) groups is 2. The molecule has 0 aliphatic heterocycles. The standard InChI is InChI=1S/C19H21N3O3/c20-19(24)14-2-1-3-17(10-14)25-16-8-6-15(7-9-16)22-18(23)12-21-11-13-4-5-13/h1-3,6-10,13,21H,4-5,11-12H2,(H2,20,24)(H,22,23). The lowest BCUT2D eigenvalue weighted by Crippen LogP contribution is -2.29. The molecule has 6 heteroatoms. The normalized spacial score (nSPS) is 13.3. The van der Waals surface area contributed by atoms with E-state index in [0.29, 0.717) is 29.3 Å². The van der Waals surface area contributed by atoms with E-state index in [0.717, 1.165) is 12.5 Å². The maximum absolute atomic E-state index is 11.8. The molecular formula is C19H21N3O3. The molecular weight excluding hydrogens is 318 g/mol. The number of hydrogen-bond acceptors (Lipinski definition) is 4. The SMILES string of the molecule is NC(=O)c1cccc(Oc2ccc(NC(=O)CNCC3CC3)cc2)c1. The minimum Gasteiger partial charge on any atom is -0.457 e. The molecule has 0 saturated heterocycles. The van der Waals surface area contributed by atoms with Gasteiger partial charge in [-0.05, 0) is 67.8 Å². The van der Waals surface area contributed by atoms with Crippen molar-refractivity contribution in [2.45, 2.75) is 12.8 Å². The summed E-state index contributed by atoms with van der Waals surface area (Å²) in [7, 11) is 0. The number of ether oxygens (including phenoxy) is 1. The third kappa shape index (κ3) is 5.32. The fourth-order valence-electron chi connectivity index (χ4n) is 2.37.